The Kier molecular flexibility index (Phi) is 7.27. The zero-order chi connectivity index (χ0) is 22.6. The molecule has 31 heavy (non-hydrogen) atoms. The van der Waals surface area contributed by atoms with Gasteiger partial charge in [0.15, 0.2) is 11.0 Å². The first kappa shape index (κ1) is 23.1. The maximum absolute atomic E-state index is 12.9. The molecule has 0 saturated heterocycles. The second-order valence-corrected chi connectivity index (χ2v) is 8.56. The van der Waals surface area contributed by atoms with E-state index in [0.29, 0.717) is 23.4 Å². The Morgan fingerprint density at radius 2 is 1.87 bits per heavy atom. The maximum Gasteiger partial charge on any atom is 0.416 e. The van der Waals surface area contributed by atoms with Gasteiger partial charge in [-0.3, -0.25) is 4.79 Å². The Bertz CT molecular complexity index is 1050. The molecule has 0 aliphatic rings. The van der Waals surface area contributed by atoms with E-state index in [9.17, 15) is 18.0 Å². The summed E-state index contributed by atoms with van der Waals surface area (Å²) in [7, 11) is 0. The minimum Gasteiger partial charge on any atom is -0.324 e. The molecule has 3 rings (SSSR count). The molecule has 0 fully saturated rings. The lowest BCUT2D eigenvalue weighted by atomic mass is 10.2. The maximum atomic E-state index is 12.9. The van der Waals surface area contributed by atoms with Gasteiger partial charge in [0.25, 0.3) is 0 Å². The molecule has 5 nitrogen and oxygen atoms in total. The predicted molar refractivity (Wildman–Crippen MR) is 116 cm³/mol. The summed E-state index contributed by atoms with van der Waals surface area (Å²) in [5.74, 6) is 0.456. The highest BCUT2D eigenvalue weighted by atomic mass is 35.5. The van der Waals surface area contributed by atoms with Crippen molar-refractivity contribution in [3.63, 3.8) is 0 Å². The minimum atomic E-state index is -4.53. The second kappa shape index (κ2) is 9.74. The summed E-state index contributed by atoms with van der Waals surface area (Å²) in [5.41, 5.74) is -0.0672. The zero-order valence-corrected chi connectivity index (χ0v) is 18.4. The number of thioether (sulfide) groups is 1. The summed E-state index contributed by atoms with van der Waals surface area (Å²) in [5, 5.41) is 11.5. The van der Waals surface area contributed by atoms with Crippen molar-refractivity contribution in [2.24, 2.45) is 5.92 Å². The number of aromatic nitrogens is 3. The molecule has 0 radical (unpaired) electrons. The lowest BCUT2D eigenvalue weighted by molar-refractivity contribution is -0.137. The number of anilines is 1. The van der Waals surface area contributed by atoms with Gasteiger partial charge >= 0.3 is 6.18 Å². The summed E-state index contributed by atoms with van der Waals surface area (Å²) >= 11 is 7.11. The van der Waals surface area contributed by atoms with Crippen molar-refractivity contribution >= 4 is 35.0 Å². The first-order valence-electron chi connectivity index (χ1n) is 9.43. The molecule has 0 spiro atoms. The van der Waals surface area contributed by atoms with Crippen molar-refractivity contribution in [3.8, 4) is 11.4 Å². The zero-order valence-electron chi connectivity index (χ0n) is 16.8. The van der Waals surface area contributed by atoms with E-state index in [-0.39, 0.29) is 16.5 Å². The van der Waals surface area contributed by atoms with E-state index in [0.717, 1.165) is 35.5 Å². The molecule has 0 saturated carbocycles. The Morgan fingerprint density at radius 1 is 1.16 bits per heavy atom. The first-order valence-corrected chi connectivity index (χ1v) is 10.8. The van der Waals surface area contributed by atoms with Crippen LogP contribution in [0.1, 0.15) is 19.4 Å². The number of rotatable bonds is 7. The fraction of sp³-hybridized carbons (Fsp3) is 0.286. The van der Waals surface area contributed by atoms with Gasteiger partial charge in [-0.25, -0.2) is 0 Å². The van der Waals surface area contributed by atoms with E-state index in [4.69, 9.17) is 11.6 Å². The van der Waals surface area contributed by atoms with Gasteiger partial charge in [0, 0.05) is 12.1 Å². The molecule has 0 aliphatic carbocycles. The molecule has 0 aliphatic heterocycles. The average molecular weight is 469 g/mol. The lowest BCUT2D eigenvalue weighted by Gasteiger charge is -2.13. The number of benzene rings is 2. The molecular weight excluding hydrogens is 449 g/mol. The Hall–Kier alpha value is -2.52. The van der Waals surface area contributed by atoms with Crippen LogP contribution in [0.25, 0.3) is 11.4 Å². The van der Waals surface area contributed by atoms with Gasteiger partial charge in [0.1, 0.15) is 0 Å². The molecule has 10 heteroatoms. The molecule has 1 amide bonds. The van der Waals surface area contributed by atoms with Crippen molar-refractivity contribution in [2.45, 2.75) is 31.7 Å². The average Bonchev–Trinajstić information content (AvgIpc) is 3.09. The third kappa shape index (κ3) is 6.01. The highest BCUT2D eigenvalue weighted by Crippen LogP contribution is 2.34. The quantitative estimate of drug-likeness (QED) is 0.432. The van der Waals surface area contributed by atoms with Crippen LogP contribution in [0.3, 0.4) is 0 Å². The third-order valence-electron chi connectivity index (χ3n) is 4.20. The molecule has 3 aromatic rings. The number of carbonyl (C=O) groups excluding carboxylic acids is 1. The predicted octanol–water partition coefficient (Wildman–Crippen LogP) is 6.00. The van der Waals surface area contributed by atoms with E-state index < -0.39 is 17.6 Å². The number of amides is 1. The highest BCUT2D eigenvalue weighted by molar-refractivity contribution is 7.99. The molecule has 1 N–H and O–H groups in total. The van der Waals surface area contributed by atoms with Crippen LogP contribution in [0.15, 0.2) is 53.7 Å². The van der Waals surface area contributed by atoms with E-state index in [1.54, 1.807) is 0 Å². The summed E-state index contributed by atoms with van der Waals surface area (Å²) in [6.07, 6.45) is -4.53. The van der Waals surface area contributed by atoms with Gasteiger partial charge in [-0.15, -0.1) is 10.2 Å². The summed E-state index contributed by atoms with van der Waals surface area (Å²) in [6.45, 7) is 4.78. The summed E-state index contributed by atoms with van der Waals surface area (Å²) in [4.78, 5) is 12.4. The number of alkyl halides is 3. The molecule has 164 valence electrons. The van der Waals surface area contributed by atoms with Crippen LogP contribution in [0.4, 0.5) is 18.9 Å². The van der Waals surface area contributed by atoms with E-state index in [2.05, 4.69) is 29.4 Å². The SMILES string of the molecule is CC(C)Cn1c(SCC(=O)Nc2cc(C(F)(F)F)ccc2Cl)nnc1-c1ccccc1. The van der Waals surface area contributed by atoms with E-state index >= 15 is 0 Å². The standard InChI is InChI=1S/C21H20ClF3N4OS/c1-13(2)11-29-19(14-6-4-3-5-7-14)27-28-20(29)31-12-18(30)26-17-10-15(21(23,24)25)8-9-16(17)22/h3-10,13H,11-12H2,1-2H3,(H,26,30). The van der Waals surface area contributed by atoms with Gasteiger partial charge in [0.05, 0.1) is 22.0 Å². The number of nitrogens with one attached hydrogen (secondary N) is 1. The van der Waals surface area contributed by atoms with Crippen LogP contribution in [-0.4, -0.2) is 26.4 Å². The van der Waals surface area contributed by atoms with Crippen LogP contribution < -0.4 is 5.32 Å². The van der Waals surface area contributed by atoms with E-state index in [1.165, 1.54) is 0 Å². The number of nitrogens with zero attached hydrogens (tertiary/aromatic N) is 3. The smallest absolute Gasteiger partial charge is 0.324 e. The molecule has 1 aromatic heterocycles. The topological polar surface area (TPSA) is 59.8 Å². The van der Waals surface area contributed by atoms with Gasteiger partial charge in [-0.05, 0) is 24.1 Å². The molecule has 0 bridgehead atoms. The van der Waals surface area contributed by atoms with Gasteiger partial charge in [-0.2, -0.15) is 13.2 Å². The molecular formula is C21H20ClF3N4OS. The first-order chi connectivity index (χ1) is 14.6. The van der Waals surface area contributed by atoms with Crippen LogP contribution in [0, 0.1) is 5.92 Å². The van der Waals surface area contributed by atoms with Crippen LogP contribution in [-0.2, 0) is 17.5 Å². The van der Waals surface area contributed by atoms with Gasteiger partial charge in [-0.1, -0.05) is 67.5 Å². The van der Waals surface area contributed by atoms with Crippen LogP contribution in [0.5, 0.6) is 0 Å². The van der Waals surface area contributed by atoms with Gasteiger partial charge < -0.3 is 9.88 Å². The summed E-state index contributed by atoms with van der Waals surface area (Å²) in [6, 6.07) is 12.4. The second-order valence-electron chi connectivity index (χ2n) is 7.21. The van der Waals surface area contributed by atoms with Crippen molar-refractivity contribution < 1.29 is 18.0 Å². The molecule has 0 unspecified atom stereocenters. The summed E-state index contributed by atoms with van der Waals surface area (Å²) < 4.78 is 40.7. The Morgan fingerprint density at radius 3 is 2.52 bits per heavy atom. The van der Waals surface area contributed by atoms with Gasteiger partial charge in [0.2, 0.25) is 5.91 Å². The fourth-order valence-electron chi connectivity index (χ4n) is 2.84. The Balaban J connectivity index is 1.74. The highest BCUT2D eigenvalue weighted by Gasteiger charge is 2.31. The Labute approximate surface area is 187 Å². The number of halogens is 4. The van der Waals surface area contributed by atoms with Crippen molar-refractivity contribution in [2.75, 3.05) is 11.1 Å². The molecule has 0 atom stereocenters. The van der Waals surface area contributed by atoms with Crippen molar-refractivity contribution in [1.29, 1.82) is 0 Å². The van der Waals surface area contributed by atoms with E-state index in [1.807, 2.05) is 34.9 Å². The number of hydrogen-bond acceptors (Lipinski definition) is 4. The minimum absolute atomic E-state index is 0.0284. The van der Waals surface area contributed by atoms with Crippen molar-refractivity contribution in [1.82, 2.24) is 14.8 Å². The lowest BCUT2D eigenvalue weighted by Crippen LogP contribution is -2.16. The largest absolute Gasteiger partial charge is 0.416 e. The monoisotopic (exact) mass is 468 g/mol. The molecule has 1 heterocycles. The normalized spacial score (nSPS) is 11.7. The van der Waals surface area contributed by atoms with Crippen LogP contribution in [0.2, 0.25) is 5.02 Å². The number of hydrogen-bond donors (Lipinski definition) is 1. The number of carbonyl (C=O) groups is 1. The van der Waals surface area contributed by atoms with Crippen molar-refractivity contribution in [3.05, 3.63) is 59.1 Å². The van der Waals surface area contributed by atoms with Crippen LogP contribution >= 0.6 is 23.4 Å². The molecule has 2 aromatic carbocycles. The fourth-order valence-corrected chi connectivity index (χ4v) is 3.75. The third-order valence-corrected chi connectivity index (χ3v) is 5.49.